The van der Waals surface area contributed by atoms with E-state index in [2.05, 4.69) is 6.92 Å². The Labute approximate surface area is 223 Å². The highest BCUT2D eigenvalue weighted by Gasteiger charge is 2.44. The predicted molar refractivity (Wildman–Crippen MR) is 148 cm³/mol. The zero-order valence-corrected chi connectivity index (χ0v) is 23.0. The second-order valence-electron chi connectivity index (χ2n) is 9.49. The Morgan fingerprint density at radius 1 is 1.00 bits per heavy atom. The summed E-state index contributed by atoms with van der Waals surface area (Å²) in [7, 11) is 3.21. The second-order valence-corrected chi connectivity index (χ2v) is 10.9. The van der Waals surface area contributed by atoms with Gasteiger partial charge in [0.15, 0.2) is 17.3 Å². The predicted octanol–water partition coefficient (Wildman–Crippen LogP) is 5.88. The van der Waals surface area contributed by atoms with Crippen LogP contribution in [0.3, 0.4) is 0 Å². The van der Waals surface area contributed by atoms with Gasteiger partial charge in [-0.2, -0.15) is 11.8 Å². The van der Waals surface area contributed by atoms with Gasteiger partial charge in [0.05, 0.1) is 14.2 Å². The maximum atomic E-state index is 13.8. The minimum atomic E-state index is -0.616. The van der Waals surface area contributed by atoms with E-state index in [4.69, 9.17) is 19.2 Å². The van der Waals surface area contributed by atoms with Gasteiger partial charge in [-0.25, -0.2) is 0 Å². The van der Waals surface area contributed by atoms with Crippen molar-refractivity contribution in [2.24, 2.45) is 10.9 Å². The third kappa shape index (κ3) is 5.77. The van der Waals surface area contributed by atoms with Gasteiger partial charge >= 0.3 is 5.97 Å². The maximum absolute atomic E-state index is 13.8. The van der Waals surface area contributed by atoms with E-state index in [0.29, 0.717) is 42.2 Å². The Bertz CT molecular complexity index is 1220. The SMILES string of the molecule is CCSCCOC(=O)C1C(C)=NC2=C(C(=O)C[C@H](c3ccc(OC)c(OC)c3)C2)[C@@H]1c1ccc(C)cc1. The number of esters is 1. The van der Waals surface area contributed by atoms with E-state index in [0.717, 1.165) is 33.9 Å². The van der Waals surface area contributed by atoms with Crippen molar-refractivity contribution in [1.29, 1.82) is 0 Å². The maximum Gasteiger partial charge on any atom is 0.315 e. The fourth-order valence-corrected chi connectivity index (χ4v) is 5.77. The minimum absolute atomic E-state index is 0.0298. The lowest BCUT2D eigenvalue weighted by Crippen LogP contribution is -2.38. The van der Waals surface area contributed by atoms with Crippen molar-refractivity contribution in [3.05, 3.63) is 70.4 Å². The van der Waals surface area contributed by atoms with Crippen molar-refractivity contribution in [3.63, 3.8) is 0 Å². The molecule has 0 saturated carbocycles. The van der Waals surface area contributed by atoms with Crippen LogP contribution in [0.25, 0.3) is 0 Å². The molecule has 196 valence electrons. The first-order valence-electron chi connectivity index (χ1n) is 12.7. The van der Waals surface area contributed by atoms with E-state index in [1.54, 1.807) is 26.0 Å². The highest BCUT2D eigenvalue weighted by Crippen LogP contribution is 2.47. The third-order valence-electron chi connectivity index (χ3n) is 7.13. The first-order valence-corrected chi connectivity index (χ1v) is 13.9. The standard InChI is InChI=1S/C30H35NO5S/c1-6-37-14-13-36-30(33)27-19(3)31-23-15-22(21-11-12-25(34-4)26(17-21)35-5)16-24(32)29(23)28(27)20-9-7-18(2)8-10-20/h7-12,17,22,27-28H,6,13-16H2,1-5H3/t22-,27?,28-/m1/s1. The zero-order valence-electron chi connectivity index (χ0n) is 22.2. The molecule has 0 fully saturated rings. The van der Waals surface area contributed by atoms with Crippen LogP contribution in [0.1, 0.15) is 55.2 Å². The lowest BCUT2D eigenvalue weighted by Gasteiger charge is -2.36. The van der Waals surface area contributed by atoms with Crippen LogP contribution < -0.4 is 9.47 Å². The van der Waals surface area contributed by atoms with Crippen LogP contribution in [0.2, 0.25) is 0 Å². The first-order chi connectivity index (χ1) is 17.9. The summed E-state index contributed by atoms with van der Waals surface area (Å²) >= 11 is 1.73. The van der Waals surface area contributed by atoms with Gasteiger partial charge in [-0.05, 0) is 55.2 Å². The number of Topliss-reactive ketones (excluding diaryl/α,β-unsaturated/α-hetero) is 1. The van der Waals surface area contributed by atoms with E-state index in [1.165, 1.54) is 0 Å². The summed E-state index contributed by atoms with van der Waals surface area (Å²) in [6.07, 6.45) is 0.964. The molecule has 37 heavy (non-hydrogen) atoms. The molecule has 7 heteroatoms. The molecular weight excluding hydrogens is 486 g/mol. The molecule has 0 N–H and O–H groups in total. The van der Waals surface area contributed by atoms with Gasteiger partial charge in [-0.1, -0.05) is 42.8 Å². The lowest BCUT2D eigenvalue weighted by atomic mass is 9.69. The molecule has 1 unspecified atom stereocenters. The van der Waals surface area contributed by atoms with Gasteiger partial charge < -0.3 is 14.2 Å². The monoisotopic (exact) mass is 521 g/mol. The van der Waals surface area contributed by atoms with E-state index >= 15 is 0 Å². The zero-order chi connectivity index (χ0) is 26.5. The normalized spacial score (nSPS) is 21.3. The molecule has 0 saturated heterocycles. The van der Waals surface area contributed by atoms with E-state index in [1.807, 2.05) is 56.3 Å². The topological polar surface area (TPSA) is 74.2 Å². The van der Waals surface area contributed by atoms with Crippen molar-refractivity contribution in [2.75, 3.05) is 32.3 Å². The summed E-state index contributed by atoms with van der Waals surface area (Å²) in [5.74, 6) is 1.67. The number of ether oxygens (including phenoxy) is 3. The Balaban J connectivity index is 1.70. The van der Waals surface area contributed by atoms with E-state index in [9.17, 15) is 9.59 Å². The van der Waals surface area contributed by atoms with Crippen LogP contribution in [0, 0.1) is 12.8 Å². The molecule has 0 aromatic heterocycles. The Morgan fingerprint density at radius 2 is 1.70 bits per heavy atom. The number of thioether (sulfide) groups is 1. The summed E-state index contributed by atoms with van der Waals surface area (Å²) < 4.78 is 16.5. The number of methoxy groups -OCH3 is 2. The molecule has 0 spiro atoms. The van der Waals surface area contributed by atoms with E-state index in [-0.39, 0.29) is 17.7 Å². The Morgan fingerprint density at radius 3 is 2.38 bits per heavy atom. The van der Waals surface area contributed by atoms with E-state index < -0.39 is 11.8 Å². The van der Waals surface area contributed by atoms with Crippen molar-refractivity contribution < 1.29 is 23.8 Å². The number of allylic oxidation sites excluding steroid dienone is 2. The molecule has 1 aliphatic heterocycles. The van der Waals surface area contributed by atoms with Gasteiger partial charge in [-0.15, -0.1) is 0 Å². The summed E-state index contributed by atoms with van der Waals surface area (Å²) in [6.45, 7) is 6.33. The average Bonchev–Trinajstić information content (AvgIpc) is 2.90. The second kappa shape index (κ2) is 12.0. The van der Waals surface area contributed by atoms with Crippen LogP contribution >= 0.6 is 11.8 Å². The molecule has 3 atom stereocenters. The van der Waals surface area contributed by atoms with Crippen molar-refractivity contribution >= 4 is 29.2 Å². The fourth-order valence-electron chi connectivity index (χ4n) is 5.28. The smallest absolute Gasteiger partial charge is 0.315 e. The molecule has 0 radical (unpaired) electrons. The number of aryl methyl sites for hydroxylation is 1. The number of benzene rings is 2. The minimum Gasteiger partial charge on any atom is -0.493 e. The average molecular weight is 522 g/mol. The highest BCUT2D eigenvalue weighted by molar-refractivity contribution is 7.99. The van der Waals surface area contributed by atoms with Crippen molar-refractivity contribution in [1.82, 2.24) is 0 Å². The molecular formula is C30H35NO5S. The number of hydrogen-bond acceptors (Lipinski definition) is 7. The summed E-state index contributed by atoms with van der Waals surface area (Å²) in [6, 6.07) is 13.9. The number of rotatable bonds is 9. The first kappa shape index (κ1) is 27.0. The van der Waals surface area contributed by atoms with Gasteiger partial charge in [-0.3, -0.25) is 14.6 Å². The van der Waals surface area contributed by atoms with Gasteiger partial charge in [0.1, 0.15) is 12.5 Å². The molecule has 1 aliphatic carbocycles. The number of carbonyl (C=O) groups is 2. The molecule has 0 amide bonds. The molecule has 4 rings (SSSR count). The number of nitrogens with zero attached hydrogens (tertiary/aromatic N) is 1. The lowest BCUT2D eigenvalue weighted by molar-refractivity contribution is -0.145. The molecule has 0 bridgehead atoms. The largest absolute Gasteiger partial charge is 0.493 e. The summed E-state index contributed by atoms with van der Waals surface area (Å²) in [5.41, 5.74) is 5.18. The van der Waals surface area contributed by atoms with Crippen LogP contribution in [0.5, 0.6) is 11.5 Å². The van der Waals surface area contributed by atoms with Gasteiger partial charge in [0, 0.05) is 35.1 Å². The number of hydrogen-bond donors (Lipinski definition) is 0. The van der Waals surface area contributed by atoms with Crippen molar-refractivity contribution in [3.8, 4) is 11.5 Å². The highest BCUT2D eigenvalue weighted by atomic mass is 32.2. The van der Waals surface area contributed by atoms with Crippen LogP contribution in [-0.4, -0.2) is 49.8 Å². The molecule has 6 nitrogen and oxygen atoms in total. The Kier molecular flexibility index (Phi) is 8.75. The van der Waals surface area contributed by atoms with Crippen LogP contribution in [0.4, 0.5) is 0 Å². The fraction of sp³-hybridized carbons (Fsp3) is 0.433. The van der Waals surface area contributed by atoms with Crippen molar-refractivity contribution in [2.45, 2.75) is 45.4 Å². The van der Waals surface area contributed by atoms with Crippen LogP contribution in [-0.2, 0) is 14.3 Å². The molecule has 1 heterocycles. The summed E-state index contributed by atoms with van der Waals surface area (Å²) in [5, 5.41) is 0. The molecule has 2 aliphatic rings. The van der Waals surface area contributed by atoms with Gasteiger partial charge in [0.2, 0.25) is 0 Å². The number of aliphatic imine (C=N–C) groups is 1. The van der Waals surface area contributed by atoms with Crippen LogP contribution in [0.15, 0.2) is 58.7 Å². The quantitative estimate of drug-likeness (QED) is 0.303. The molecule has 2 aromatic rings. The number of carbonyl (C=O) groups excluding carboxylic acids is 2. The Hall–Kier alpha value is -3.06. The number of ketones is 1. The van der Waals surface area contributed by atoms with Gasteiger partial charge in [0.25, 0.3) is 0 Å². The third-order valence-corrected chi connectivity index (χ3v) is 8.00. The molecule has 2 aromatic carbocycles. The summed E-state index contributed by atoms with van der Waals surface area (Å²) in [4.78, 5) is 32.0.